The highest BCUT2D eigenvalue weighted by atomic mass is 79.9. The number of halogens is 3. The number of hydrogen-bond donors (Lipinski definition) is 2. The molecule has 0 aliphatic rings. The average Bonchev–Trinajstić information content (AvgIpc) is 2.28. The van der Waals surface area contributed by atoms with Gasteiger partial charge in [0.15, 0.2) is 0 Å². The Morgan fingerprint density at radius 1 is 1.00 bits per heavy atom. The zero-order chi connectivity index (χ0) is 12.4. The fourth-order valence-corrected chi connectivity index (χ4v) is 2.15. The number of rotatable bonds is 2. The number of hydrogen-bond acceptors (Lipinski definition) is 2. The lowest BCUT2D eigenvalue weighted by Gasteiger charge is -2.11. The summed E-state index contributed by atoms with van der Waals surface area (Å²) in [6, 6.07) is 10.9. The van der Waals surface area contributed by atoms with Gasteiger partial charge >= 0.3 is 0 Å². The summed E-state index contributed by atoms with van der Waals surface area (Å²) in [5, 5.41) is 4.40. The highest BCUT2D eigenvalue weighted by molar-refractivity contribution is 9.10. The minimum absolute atomic E-state index is 0.567. The van der Waals surface area contributed by atoms with Gasteiger partial charge in [-0.1, -0.05) is 29.3 Å². The van der Waals surface area contributed by atoms with Crippen LogP contribution in [0.2, 0.25) is 10.0 Å². The summed E-state index contributed by atoms with van der Waals surface area (Å²) in [7, 11) is 0. The lowest BCUT2D eigenvalue weighted by Crippen LogP contribution is -1.94. The second kappa shape index (κ2) is 5.17. The topological polar surface area (TPSA) is 38.0 Å². The number of nitrogens with two attached hydrogens (primary N) is 1. The van der Waals surface area contributed by atoms with Gasteiger partial charge in [-0.05, 0) is 46.3 Å². The van der Waals surface area contributed by atoms with E-state index >= 15 is 0 Å². The van der Waals surface area contributed by atoms with Gasteiger partial charge in [-0.3, -0.25) is 0 Å². The van der Waals surface area contributed by atoms with E-state index in [1.807, 2.05) is 18.2 Å². The molecular weight excluding hydrogens is 323 g/mol. The smallest absolute Gasteiger partial charge is 0.0661 e. The summed E-state index contributed by atoms with van der Waals surface area (Å²) in [6.45, 7) is 0. The maximum Gasteiger partial charge on any atom is 0.0661 e. The Balaban J connectivity index is 2.35. The summed E-state index contributed by atoms with van der Waals surface area (Å²) in [5.41, 5.74) is 7.90. The zero-order valence-electron chi connectivity index (χ0n) is 8.68. The number of nitrogens with one attached hydrogen (secondary N) is 1. The first-order chi connectivity index (χ1) is 8.08. The lowest BCUT2D eigenvalue weighted by atomic mass is 10.2. The van der Waals surface area contributed by atoms with Crippen LogP contribution in [0.5, 0.6) is 0 Å². The van der Waals surface area contributed by atoms with E-state index < -0.39 is 0 Å². The van der Waals surface area contributed by atoms with Gasteiger partial charge in [0.05, 0.1) is 25.9 Å². The lowest BCUT2D eigenvalue weighted by molar-refractivity contribution is 1.52. The molecule has 0 aliphatic heterocycles. The number of nitrogen functional groups attached to an aromatic ring is 1. The fourth-order valence-electron chi connectivity index (χ4n) is 1.38. The largest absolute Gasteiger partial charge is 0.399 e. The molecule has 2 rings (SSSR count). The Morgan fingerprint density at radius 3 is 2.47 bits per heavy atom. The van der Waals surface area contributed by atoms with Crippen molar-refractivity contribution in [2.24, 2.45) is 0 Å². The first-order valence-corrected chi connectivity index (χ1v) is 6.39. The van der Waals surface area contributed by atoms with Crippen molar-refractivity contribution >= 4 is 56.2 Å². The van der Waals surface area contributed by atoms with Gasteiger partial charge in [0, 0.05) is 5.69 Å². The molecule has 3 N–H and O–H groups in total. The van der Waals surface area contributed by atoms with Crippen molar-refractivity contribution in [3.05, 3.63) is 50.9 Å². The normalized spacial score (nSPS) is 10.3. The molecule has 0 fully saturated rings. The van der Waals surface area contributed by atoms with Gasteiger partial charge in [-0.15, -0.1) is 0 Å². The quantitative estimate of drug-likeness (QED) is 0.753. The predicted octanol–water partition coefficient (Wildman–Crippen LogP) is 5.08. The zero-order valence-corrected chi connectivity index (χ0v) is 11.8. The molecule has 0 heterocycles. The molecule has 0 atom stereocenters. The van der Waals surface area contributed by atoms with Crippen molar-refractivity contribution in [1.82, 2.24) is 0 Å². The van der Waals surface area contributed by atoms with E-state index in [0.29, 0.717) is 15.7 Å². The Morgan fingerprint density at radius 2 is 1.76 bits per heavy atom. The molecular formula is C12H9BrCl2N2. The molecule has 2 nitrogen and oxygen atoms in total. The molecule has 0 aliphatic carbocycles. The van der Waals surface area contributed by atoms with E-state index in [0.717, 1.165) is 15.8 Å². The van der Waals surface area contributed by atoms with Gasteiger partial charge in [0.25, 0.3) is 0 Å². The molecule has 0 spiro atoms. The molecule has 17 heavy (non-hydrogen) atoms. The maximum absolute atomic E-state index is 6.08. The SMILES string of the molecule is Nc1ccc(Nc2cccc(Cl)c2Br)c(Cl)c1. The summed E-state index contributed by atoms with van der Waals surface area (Å²) in [5.74, 6) is 0. The Labute approximate surface area is 118 Å². The third-order valence-electron chi connectivity index (χ3n) is 2.21. The van der Waals surface area contributed by atoms with Crippen LogP contribution in [0.15, 0.2) is 40.9 Å². The van der Waals surface area contributed by atoms with Crippen molar-refractivity contribution in [1.29, 1.82) is 0 Å². The Kier molecular flexibility index (Phi) is 3.82. The van der Waals surface area contributed by atoms with Crippen LogP contribution in [0.25, 0.3) is 0 Å². The fraction of sp³-hybridized carbons (Fsp3) is 0. The van der Waals surface area contributed by atoms with Crippen LogP contribution in [-0.4, -0.2) is 0 Å². The molecule has 88 valence electrons. The highest BCUT2D eigenvalue weighted by Gasteiger charge is 2.06. The van der Waals surface area contributed by atoms with Crippen LogP contribution in [-0.2, 0) is 0 Å². The minimum atomic E-state index is 0.567. The van der Waals surface area contributed by atoms with Crippen molar-refractivity contribution in [3.63, 3.8) is 0 Å². The van der Waals surface area contributed by atoms with Crippen molar-refractivity contribution in [3.8, 4) is 0 Å². The van der Waals surface area contributed by atoms with E-state index in [2.05, 4.69) is 21.2 Å². The van der Waals surface area contributed by atoms with E-state index in [1.54, 1.807) is 18.2 Å². The van der Waals surface area contributed by atoms with Crippen LogP contribution < -0.4 is 11.1 Å². The van der Waals surface area contributed by atoms with Crippen molar-refractivity contribution in [2.75, 3.05) is 11.1 Å². The molecule has 0 aromatic heterocycles. The van der Waals surface area contributed by atoms with Crippen LogP contribution in [0, 0.1) is 0 Å². The average molecular weight is 332 g/mol. The molecule has 2 aromatic carbocycles. The van der Waals surface area contributed by atoms with Gasteiger partial charge in [0.2, 0.25) is 0 Å². The second-order valence-electron chi connectivity index (χ2n) is 3.47. The predicted molar refractivity (Wildman–Crippen MR) is 78.3 cm³/mol. The van der Waals surface area contributed by atoms with E-state index in [9.17, 15) is 0 Å². The standard InChI is InChI=1S/C12H9BrCl2N2/c13-12-8(14)2-1-3-11(12)17-10-5-4-7(16)6-9(10)15/h1-6,17H,16H2. The maximum atomic E-state index is 6.08. The summed E-state index contributed by atoms with van der Waals surface area (Å²) in [4.78, 5) is 0. The second-order valence-corrected chi connectivity index (χ2v) is 5.07. The van der Waals surface area contributed by atoms with E-state index in [1.165, 1.54) is 0 Å². The Hall–Kier alpha value is -0.900. The summed E-state index contributed by atoms with van der Waals surface area (Å²) < 4.78 is 0.801. The molecule has 0 saturated carbocycles. The van der Waals surface area contributed by atoms with Crippen LogP contribution in [0.4, 0.5) is 17.1 Å². The highest BCUT2D eigenvalue weighted by Crippen LogP contribution is 2.34. The van der Waals surface area contributed by atoms with Crippen LogP contribution in [0.1, 0.15) is 0 Å². The molecule has 0 saturated heterocycles. The van der Waals surface area contributed by atoms with E-state index in [-0.39, 0.29) is 0 Å². The van der Waals surface area contributed by atoms with E-state index in [4.69, 9.17) is 28.9 Å². The summed E-state index contributed by atoms with van der Waals surface area (Å²) >= 11 is 15.5. The van der Waals surface area contributed by atoms with Gasteiger partial charge < -0.3 is 11.1 Å². The monoisotopic (exact) mass is 330 g/mol. The third-order valence-corrected chi connectivity index (χ3v) is 3.92. The van der Waals surface area contributed by atoms with Crippen molar-refractivity contribution < 1.29 is 0 Å². The molecule has 2 aromatic rings. The van der Waals surface area contributed by atoms with Crippen LogP contribution in [0.3, 0.4) is 0 Å². The van der Waals surface area contributed by atoms with Crippen molar-refractivity contribution in [2.45, 2.75) is 0 Å². The van der Waals surface area contributed by atoms with Gasteiger partial charge in [-0.2, -0.15) is 0 Å². The number of benzene rings is 2. The van der Waals surface area contributed by atoms with Gasteiger partial charge in [0.1, 0.15) is 0 Å². The molecule has 0 radical (unpaired) electrons. The van der Waals surface area contributed by atoms with Crippen LogP contribution >= 0.6 is 39.1 Å². The first kappa shape index (κ1) is 12.6. The number of anilines is 3. The molecule has 0 amide bonds. The Bertz CT molecular complexity index is 558. The minimum Gasteiger partial charge on any atom is -0.399 e. The first-order valence-electron chi connectivity index (χ1n) is 4.84. The molecule has 0 bridgehead atoms. The summed E-state index contributed by atoms with van der Waals surface area (Å²) in [6.07, 6.45) is 0. The molecule has 5 heteroatoms. The third kappa shape index (κ3) is 2.86. The van der Waals surface area contributed by atoms with Gasteiger partial charge in [-0.25, -0.2) is 0 Å². The molecule has 0 unspecified atom stereocenters.